The number of carbonyl (C=O) groups excluding carboxylic acids is 1. The molecular formula is C15H19N3OS2. The number of hydrogen-bond acceptors (Lipinski definition) is 4. The lowest BCUT2D eigenvalue weighted by Gasteiger charge is -2.09. The average Bonchev–Trinajstić information content (AvgIpc) is 2.96. The molecule has 0 radical (unpaired) electrons. The number of aromatic nitrogens is 1. The van der Waals surface area contributed by atoms with Crippen LogP contribution in [-0.2, 0) is 0 Å². The Morgan fingerprint density at radius 2 is 2.19 bits per heavy atom. The van der Waals surface area contributed by atoms with Crippen LogP contribution in [0, 0.1) is 13.8 Å². The Kier molecular flexibility index (Phi) is 6.07. The van der Waals surface area contributed by atoms with Gasteiger partial charge in [0, 0.05) is 29.6 Å². The van der Waals surface area contributed by atoms with Gasteiger partial charge in [0.1, 0.15) is 4.34 Å². The zero-order valence-corrected chi connectivity index (χ0v) is 13.8. The molecule has 112 valence electrons. The molecule has 2 N–H and O–H groups in total. The summed E-state index contributed by atoms with van der Waals surface area (Å²) in [5.41, 5.74) is 3.22. The summed E-state index contributed by atoms with van der Waals surface area (Å²) in [6.45, 7) is 4.75. The molecule has 0 saturated heterocycles. The molecule has 0 spiro atoms. The maximum atomic E-state index is 11.8. The summed E-state index contributed by atoms with van der Waals surface area (Å²) in [6.07, 6.45) is 2.73. The van der Waals surface area contributed by atoms with Crippen LogP contribution in [0.15, 0.2) is 34.1 Å². The van der Waals surface area contributed by atoms with Gasteiger partial charge < -0.3 is 10.6 Å². The molecule has 2 aromatic rings. The van der Waals surface area contributed by atoms with Crippen molar-refractivity contribution in [3.63, 3.8) is 0 Å². The van der Waals surface area contributed by atoms with Gasteiger partial charge in [0.2, 0.25) is 0 Å². The summed E-state index contributed by atoms with van der Waals surface area (Å²) in [7, 11) is 0. The van der Waals surface area contributed by atoms with Crippen molar-refractivity contribution in [3.8, 4) is 0 Å². The standard InChI is InChI=1S/C15H19N3OS2/c1-11-4-5-13(10-12(11)2)18-14(19)16-6-3-8-20-15-17-7-9-21-15/h4-5,7,9-10H,3,6,8H2,1-2H3,(H2,16,18,19). The Hall–Kier alpha value is -1.53. The number of rotatable bonds is 6. The molecule has 0 unspecified atom stereocenters. The fourth-order valence-electron chi connectivity index (χ4n) is 1.71. The summed E-state index contributed by atoms with van der Waals surface area (Å²) in [4.78, 5) is 16.0. The minimum absolute atomic E-state index is 0.155. The monoisotopic (exact) mass is 321 g/mol. The maximum absolute atomic E-state index is 11.8. The van der Waals surface area contributed by atoms with E-state index >= 15 is 0 Å². The van der Waals surface area contributed by atoms with Crippen LogP contribution in [0.25, 0.3) is 0 Å². The molecule has 0 saturated carbocycles. The van der Waals surface area contributed by atoms with Gasteiger partial charge in [-0.2, -0.15) is 0 Å². The van der Waals surface area contributed by atoms with Gasteiger partial charge in [-0.1, -0.05) is 17.8 Å². The van der Waals surface area contributed by atoms with Gasteiger partial charge in [-0.05, 0) is 43.5 Å². The third-order valence-corrected chi connectivity index (χ3v) is 5.06. The number of aryl methyl sites for hydroxylation is 2. The highest BCUT2D eigenvalue weighted by Crippen LogP contribution is 2.20. The van der Waals surface area contributed by atoms with E-state index in [-0.39, 0.29) is 6.03 Å². The van der Waals surface area contributed by atoms with Crippen molar-refractivity contribution >= 4 is 34.8 Å². The first-order valence-electron chi connectivity index (χ1n) is 6.79. The van der Waals surface area contributed by atoms with Crippen LogP contribution in [0.3, 0.4) is 0 Å². The van der Waals surface area contributed by atoms with E-state index in [0.29, 0.717) is 6.54 Å². The predicted molar refractivity (Wildman–Crippen MR) is 90.4 cm³/mol. The van der Waals surface area contributed by atoms with E-state index in [1.165, 1.54) is 11.1 Å². The minimum Gasteiger partial charge on any atom is -0.338 e. The fourth-order valence-corrected chi connectivity index (χ4v) is 3.36. The van der Waals surface area contributed by atoms with E-state index < -0.39 is 0 Å². The second kappa shape index (κ2) is 8.05. The zero-order valence-electron chi connectivity index (χ0n) is 12.2. The van der Waals surface area contributed by atoms with Crippen molar-refractivity contribution in [1.29, 1.82) is 0 Å². The number of amides is 2. The SMILES string of the molecule is Cc1ccc(NC(=O)NCCCSc2nccs2)cc1C. The van der Waals surface area contributed by atoms with Crippen molar-refractivity contribution < 1.29 is 4.79 Å². The molecule has 0 bridgehead atoms. The van der Waals surface area contributed by atoms with Gasteiger partial charge >= 0.3 is 6.03 Å². The lowest BCUT2D eigenvalue weighted by atomic mass is 10.1. The van der Waals surface area contributed by atoms with Crippen LogP contribution >= 0.6 is 23.1 Å². The number of thioether (sulfide) groups is 1. The van der Waals surface area contributed by atoms with Crippen LogP contribution in [0.4, 0.5) is 10.5 Å². The number of benzene rings is 1. The van der Waals surface area contributed by atoms with Crippen molar-refractivity contribution in [2.75, 3.05) is 17.6 Å². The van der Waals surface area contributed by atoms with Gasteiger partial charge in [0.25, 0.3) is 0 Å². The highest BCUT2D eigenvalue weighted by Gasteiger charge is 2.02. The van der Waals surface area contributed by atoms with E-state index in [4.69, 9.17) is 0 Å². The molecule has 6 heteroatoms. The molecule has 0 aliphatic rings. The Morgan fingerprint density at radius 1 is 1.33 bits per heavy atom. The maximum Gasteiger partial charge on any atom is 0.319 e. The van der Waals surface area contributed by atoms with Crippen molar-refractivity contribution in [1.82, 2.24) is 10.3 Å². The van der Waals surface area contributed by atoms with E-state index in [1.807, 2.05) is 36.7 Å². The number of carbonyl (C=O) groups is 1. The number of anilines is 1. The predicted octanol–water partition coefficient (Wildman–Crippen LogP) is 4.06. The second-order valence-electron chi connectivity index (χ2n) is 4.68. The Morgan fingerprint density at radius 3 is 2.90 bits per heavy atom. The molecule has 2 rings (SSSR count). The molecule has 0 atom stereocenters. The Balaban J connectivity index is 1.64. The van der Waals surface area contributed by atoms with Crippen molar-refractivity contribution in [2.45, 2.75) is 24.6 Å². The van der Waals surface area contributed by atoms with E-state index in [9.17, 15) is 4.79 Å². The largest absolute Gasteiger partial charge is 0.338 e. The van der Waals surface area contributed by atoms with Gasteiger partial charge in [0.15, 0.2) is 0 Å². The van der Waals surface area contributed by atoms with Crippen LogP contribution < -0.4 is 10.6 Å². The number of nitrogens with zero attached hydrogens (tertiary/aromatic N) is 1. The molecule has 0 aliphatic carbocycles. The first kappa shape index (κ1) is 15.9. The topological polar surface area (TPSA) is 54.0 Å². The molecule has 21 heavy (non-hydrogen) atoms. The summed E-state index contributed by atoms with van der Waals surface area (Å²) in [6, 6.07) is 5.75. The summed E-state index contributed by atoms with van der Waals surface area (Å²) < 4.78 is 1.08. The van der Waals surface area contributed by atoms with Gasteiger partial charge in [-0.3, -0.25) is 0 Å². The molecule has 0 aliphatic heterocycles. The zero-order chi connectivity index (χ0) is 15.1. The van der Waals surface area contributed by atoms with Gasteiger partial charge in [-0.15, -0.1) is 11.3 Å². The fraction of sp³-hybridized carbons (Fsp3) is 0.333. The lowest BCUT2D eigenvalue weighted by molar-refractivity contribution is 0.252. The minimum atomic E-state index is -0.155. The molecule has 0 fully saturated rings. The average molecular weight is 321 g/mol. The smallest absolute Gasteiger partial charge is 0.319 e. The third kappa shape index (κ3) is 5.40. The van der Waals surface area contributed by atoms with Gasteiger partial charge in [-0.25, -0.2) is 9.78 Å². The molecule has 2 amide bonds. The van der Waals surface area contributed by atoms with Crippen LogP contribution in [0.2, 0.25) is 0 Å². The molecular weight excluding hydrogens is 302 g/mol. The molecule has 1 heterocycles. The van der Waals surface area contributed by atoms with E-state index in [0.717, 1.165) is 22.2 Å². The molecule has 4 nitrogen and oxygen atoms in total. The Labute approximate surface area is 133 Å². The summed E-state index contributed by atoms with van der Waals surface area (Å²) in [5, 5.41) is 7.68. The highest BCUT2D eigenvalue weighted by atomic mass is 32.2. The molecule has 1 aromatic heterocycles. The first-order valence-corrected chi connectivity index (χ1v) is 8.66. The van der Waals surface area contributed by atoms with Crippen molar-refractivity contribution in [3.05, 3.63) is 40.9 Å². The number of urea groups is 1. The number of thiazole rings is 1. The first-order chi connectivity index (χ1) is 10.1. The van der Waals surface area contributed by atoms with Crippen LogP contribution in [0.1, 0.15) is 17.5 Å². The molecule has 1 aromatic carbocycles. The second-order valence-corrected chi connectivity index (χ2v) is 6.92. The van der Waals surface area contributed by atoms with Crippen LogP contribution in [0.5, 0.6) is 0 Å². The Bertz CT molecular complexity index is 585. The van der Waals surface area contributed by atoms with Crippen LogP contribution in [-0.4, -0.2) is 23.3 Å². The third-order valence-electron chi connectivity index (χ3n) is 3.01. The van der Waals surface area contributed by atoms with Gasteiger partial charge in [0.05, 0.1) is 0 Å². The number of hydrogen-bond donors (Lipinski definition) is 2. The quantitative estimate of drug-likeness (QED) is 0.623. The summed E-state index contributed by atoms with van der Waals surface area (Å²) >= 11 is 3.37. The normalized spacial score (nSPS) is 10.4. The van der Waals surface area contributed by atoms with E-state index in [1.54, 1.807) is 23.1 Å². The summed E-state index contributed by atoms with van der Waals surface area (Å²) in [5.74, 6) is 0.956. The lowest BCUT2D eigenvalue weighted by Crippen LogP contribution is -2.29. The number of nitrogens with one attached hydrogen (secondary N) is 2. The van der Waals surface area contributed by atoms with E-state index in [2.05, 4.69) is 22.5 Å². The highest BCUT2D eigenvalue weighted by molar-refractivity contribution is 8.00. The van der Waals surface area contributed by atoms with Crippen molar-refractivity contribution in [2.24, 2.45) is 0 Å².